The van der Waals surface area contributed by atoms with Gasteiger partial charge in [-0.2, -0.15) is 0 Å². The minimum atomic E-state index is -0.789. The molecule has 0 unspecified atom stereocenters. The molecular weight excluding hydrogens is 304 g/mol. The lowest BCUT2D eigenvalue weighted by molar-refractivity contribution is 0.417. The Morgan fingerprint density at radius 3 is 2.73 bits per heavy atom. The van der Waals surface area contributed by atoms with Crippen molar-refractivity contribution in [2.75, 3.05) is 24.5 Å². The van der Waals surface area contributed by atoms with E-state index in [-0.39, 0.29) is 0 Å². The minimum absolute atomic E-state index is 0.488. The Bertz CT molecular complexity index is 595. The van der Waals surface area contributed by atoms with E-state index in [0.29, 0.717) is 6.04 Å². The highest BCUT2D eigenvalue weighted by atomic mass is 32.1. The molecule has 0 radical (unpaired) electrons. The first kappa shape index (κ1) is 15.4. The van der Waals surface area contributed by atoms with E-state index in [4.69, 9.17) is 0 Å². The predicted molar refractivity (Wildman–Crippen MR) is 85.4 cm³/mol. The number of aromatic nitrogens is 1. The van der Waals surface area contributed by atoms with E-state index < -0.39 is 11.6 Å². The molecule has 0 spiro atoms. The summed E-state index contributed by atoms with van der Waals surface area (Å²) in [6.07, 6.45) is 4.81. The average Bonchev–Trinajstić information content (AvgIpc) is 3.04. The van der Waals surface area contributed by atoms with E-state index in [1.165, 1.54) is 12.1 Å². The molecule has 3 rings (SSSR count). The minimum Gasteiger partial charge on any atom is -0.371 e. The van der Waals surface area contributed by atoms with Crippen molar-refractivity contribution < 1.29 is 8.78 Å². The van der Waals surface area contributed by atoms with Crippen molar-refractivity contribution >= 4 is 17.0 Å². The summed E-state index contributed by atoms with van der Waals surface area (Å²) < 4.78 is 26.3. The Morgan fingerprint density at radius 2 is 2.05 bits per heavy atom. The van der Waals surface area contributed by atoms with Crippen molar-refractivity contribution in [1.29, 1.82) is 0 Å². The molecule has 0 bridgehead atoms. The predicted octanol–water partition coefficient (Wildman–Crippen LogP) is 3.22. The number of thiazole rings is 1. The van der Waals surface area contributed by atoms with Crippen molar-refractivity contribution in [3.63, 3.8) is 0 Å². The molecule has 1 fully saturated rings. The second kappa shape index (κ2) is 7.15. The molecule has 1 N–H and O–H groups in total. The Hall–Kier alpha value is -1.53. The van der Waals surface area contributed by atoms with Crippen molar-refractivity contribution in [3.8, 4) is 0 Å². The molecule has 1 aromatic carbocycles. The van der Waals surface area contributed by atoms with Crippen LogP contribution in [0.3, 0.4) is 0 Å². The van der Waals surface area contributed by atoms with Gasteiger partial charge in [0, 0.05) is 55.4 Å². The molecule has 118 valence electrons. The SMILES string of the molecule is Fc1ccc(N2CCC(NCCc3nccs3)CC2)cc1F. The van der Waals surface area contributed by atoms with E-state index in [0.717, 1.165) is 49.6 Å². The second-order valence-electron chi connectivity index (χ2n) is 5.49. The number of halogens is 2. The molecule has 1 aromatic heterocycles. The maximum Gasteiger partial charge on any atom is 0.160 e. The van der Waals surface area contributed by atoms with Crippen LogP contribution in [0.2, 0.25) is 0 Å². The fourth-order valence-electron chi connectivity index (χ4n) is 2.78. The third-order valence-electron chi connectivity index (χ3n) is 4.02. The van der Waals surface area contributed by atoms with E-state index in [1.54, 1.807) is 17.4 Å². The standard InChI is InChI=1S/C16H19F2N3S/c17-14-2-1-13(11-15(14)18)21-8-4-12(5-9-21)19-6-3-16-20-7-10-22-16/h1-2,7,10-12,19H,3-6,8-9H2. The van der Waals surface area contributed by atoms with Gasteiger partial charge in [-0.05, 0) is 25.0 Å². The molecule has 1 saturated heterocycles. The van der Waals surface area contributed by atoms with Crippen LogP contribution in [0, 0.1) is 11.6 Å². The van der Waals surface area contributed by atoms with Gasteiger partial charge in [-0.15, -0.1) is 11.3 Å². The van der Waals surface area contributed by atoms with Gasteiger partial charge in [0.1, 0.15) is 0 Å². The summed E-state index contributed by atoms with van der Waals surface area (Å²) in [4.78, 5) is 6.38. The molecule has 1 aliphatic rings. The number of hydrogen-bond donors (Lipinski definition) is 1. The maximum atomic E-state index is 13.3. The number of rotatable bonds is 5. The fourth-order valence-corrected chi connectivity index (χ4v) is 3.40. The first-order valence-corrected chi connectivity index (χ1v) is 8.42. The number of nitrogens with one attached hydrogen (secondary N) is 1. The molecule has 2 aromatic rings. The van der Waals surface area contributed by atoms with Crippen LogP contribution in [0.15, 0.2) is 29.8 Å². The molecule has 3 nitrogen and oxygen atoms in total. The highest BCUT2D eigenvalue weighted by Gasteiger charge is 2.19. The fraction of sp³-hybridized carbons (Fsp3) is 0.438. The normalized spacial score (nSPS) is 16.2. The topological polar surface area (TPSA) is 28.2 Å². The summed E-state index contributed by atoms with van der Waals surface area (Å²) in [7, 11) is 0. The van der Waals surface area contributed by atoms with Crippen LogP contribution in [-0.4, -0.2) is 30.7 Å². The first-order chi connectivity index (χ1) is 10.7. The molecule has 22 heavy (non-hydrogen) atoms. The number of benzene rings is 1. The van der Waals surface area contributed by atoms with Crippen LogP contribution in [-0.2, 0) is 6.42 Å². The Balaban J connectivity index is 1.44. The van der Waals surface area contributed by atoms with Crippen LogP contribution in [0.1, 0.15) is 17.8 Å². The van der Waals surface area contributed by atoms with Gasteiger partial charge in [-0.1, -0.05) is 0 Å². The van der Waals surface area contributed by atoms with Gasteiger partial charge in [-0.3, -0.25) is 0 Å². The smallest absolute Gasteiger partial charge is 0.160 e. The lowest BCUT2D eigenvalue weighted by Gasteiger charge is -2.34. The second-order valence-corrected chi connectivity index (χ2v) is 6.47. The summed E-state index contributed by atoms with van der Waals surface area (Å²) in [5, 5.41) is 6.71. The van der Waals surface area contributed by atoms with Crippen molar-refractivity contribution in [3.05, 3.63) is 46.4 Å². The van der Waals surface area contributed by atoms with Gasteiger partial charge in [0.25, 0.3) is 0 Å². The van der Waals surface area contributed by atoms with Crippen molar-refractivity contribution in [2.45, 2.75) is 25.3 Å². The zero-order valence-electron chi connectivity index (χ0n) is 12.3. The monoisotopic (exact) mass is 323 g/mol. The molecular formula is C16H19F2N3S. The largest absolute Gasteiger partial charge is 0.371 e. The summed E-state index contributed by atoms with van der Waals surface area (Å²) in [6, 6.07) is 4.62. The van der Waals surface area contributed by atoms with Gasteiger partial charge < -0.3 is 10.2 Å². The number of nitrogens with zero attached hydrogens (tertiary/aromatic N) is 2. The van der Waals surface area contributed by atoms with Gasteiger partial charge in [0.15, 0.2) is 11.6 Å². The Kier molecular flexibility index (Phi) is 5.00. The summed E-state index contributed by atoms with van der Waals surface area (Å²) >= 11 is 1.68. The molecule has 1 aliphatic heterocycles. The van der Waals surface area contributed by atoms with Crippen LogP contribution in [0.5, 0.6) is 0 Å². The molecule has 0 saturated carbocycles. The third kappa shape index (κ3) is 3.81. The Labute approximate surface area is 133 Å². The van der Waals surface area contributed by atoms with Gasteiger partial charge in [0.05, 0.1) is 5.01 Å². The van der Waals surface area contributed by atoms with E-state index in [2.05, 4.69) is 15.2 Å². The molecule has 0 atom stereocenters. The quantitative estimate of drug-likeness (QED) is 0.916. The summed E-state index contributed by atoms with van der Waals surface area (Å²) in [6.45, 7) is 2.66. The number of anilines is 1. The van der Waals surface area contributed by atoms with E-state index >= 15 is 0 Å². The van der Waals surface area contributed by atoms with Crippen LogP contribution in [0.4, 0.5) is 14.5 Å². The zero-order valence-corrected chi connectivity index (χ0v) is 13.1. The first-order valence-electron chi connectivity index (χ1n) is 7.54. The molecule has 6 heteroatoms. The highest BCUT2D eigenvalue weighted by molar-refractivity contribution is 7.09. The number of hydrogen-bond acceptors (Lipinski definition) is 4. The Morgan fingerprint density at radius 1 is 1.23 bits per heavy atom. The van der Waals surface area contributed by atoms with Crippen molar-refractivity contribution in [1.82, 2.24) is 10.3 Å². The summed E-state index contributed by atoms with van der Waals surface area (Å²) in [5.74, 6) is -1.57. The molecule has 2 heterocycles. The third-order valence-corrected chi connectivity index (χ3v) is 4.86. The maximum absolute atomic E-state index is 13.3. The van der Waals surface area contributed by atoms with Crippen LogP contribution >= 0.6 is 11.3 Å². The van der Waals surface area contributed by atoms with E-state index in [9.17, 15) is 8.78 Å². The lowest BCUT2D eigenvalue weighted by atomic mass is 10.0. The van der Waals surface area contributed by atoms with Crippen LogP contribution < -0.4 is 10.2 Å². The lowest BCUT2D eigenvalue weighted by Crippen LogP contribution is -2.43. The summed E-state index contributed by atoms with van der Waals surface area (Å²) in [5.41, 5.74) is 0.764. The molecule has 0 amide bonds. The molecule has 0 aliphatic carbocycles. The van der Waals surface area contributed by atoms with Gasteiger partial charge in [-0.25, -0.2) is 13.8 Å². The van der Waals surface area contributed by atoms with Gasteiger partial charge >= 0.3 is 0 Å². The van der Waals surface area contributed by atoms with Gasteiger partial charge in [0.2, 0.25) is 0 Å². The van der Waals surface area contributed by atoms with E-state index in [1.807, 2.05) is 11.6 Å². The highest BCUT2D eigenvalue weighted by Crippen LogP contribution is 2.22. The zero-order chi connectivity index (χ0) is 15.4. The average molecular weight is 323 g/mol. The number of piperidine rings is 1. The van der Waals surface area contributed by atoms with Crippen molar-refractivity contribution in [2.24, 2.45) is 0 Å². The van der Waals surface area contributed by atoms with Crippen LogP contribution in [0.25, 0.3) is 0 Å².